The summed E-state index contributed by atoms with van der Waals surface area (Å²) in [6, 6.07) is 0.938. The lowest BCUT2D eigenvalue weighted by atomic mass is 10.0. The van der Waals surface area contributed by atoms with E-state index in [0.717, 1.165) is 5.92 Å². The fourth-order valence-corrected chi connectivity index (χ4v) is 1.96. The summed E-state index contributed by atoms with van der Waals surface area (Å²) >= 11 is 0. The van der Waals surface area contributed by atoms with Crippen molar-refractivity contribution in [3.63, 3.8) is 0 Å². The van der Waals surface area contributed by atoms with Gasteiger partial charge in [0.2, 0.25) is 0 Å². The lowest BCUT2D eigenvalue weighted by molar-refractivity contribution is 0.407. The molecule has 2 unspecified atom stereocenters. The second kappa shape index (κ2) is 5.31. The Labute approximate surface area is 92.9 Å². The summed E-state index contributed by atoms with van der Waals surface area (Å²) < 4.78 is 1.85. The molecule has 15 heavy (non-hydrogen) atoms. The Morgan fingerprint density at radius 2 is 2.00 bits per heavy atom. The average molecular weight is 209 g/mol. The zero-order valence-corrected chi connectivity index (χ0v) is 10.5. The molecule has 3 nitrogen and oxygen atoms in total. The molecule has 0 saturated carbocycles. The van der Waals surface area contributed by atoms with Gasteiger partial charge in [-0.05, 0) is 26.2 Å². The van der Waals surface area contributed by atoms with Crippen LogP contribution in [0.1, 0.15) is 45.7 Å². The highest BCUT2D eigenvalue weighted by Gasteiger charge is 2.11. The molecule has 0 fully saturated rings. The molecule has 1 aromatic heterocycles. The molecule has 1 aromatic rings. The van der Waals surface area contributed by atoms with E-state index in [1.807, 2.05) is 17.9 Å². The molecular weight excluding hydrogens is 186 g/mol. The van der Waals surface area contributed by atoms with E-state index in [1.165, 1.54) is 12.0 Å². The molecule has 1 heterocycles. The molecule has 0 radical (unpaired) electrons. The van der Waals surface area contributed by atoms with Gasteiger partial charge < -0.3 is 5.32 Å². The van der Waals surface area contributed by atoms with E-state index in [9.17, 15) is 0 Å². The van der Waals surface area contributed by atoms with Crippen molar-refractivity contribution >= 4 is 0 Å². The highest BCUT2D eigenvalue weighted by Crippen LogP contribution is 2.13. The van der Waals surface area contributed by atoms with Crippen molar-refractivity contribution in [2.45, 2.75) is 46.2 Å². The monoisotopic (exact) mass is 209 g/mol. The number of nitrogens with one attached hydrogen (secondary N) is 1. The highest BCUT2D eigenvalue weighted by atomic mass is 15.2. The van der Waals surface area contributed by atoms with Gasteiger partial charge in [-0.15, -0.1) is 0 Å². The number of aromatic nitrogens is 2. The van der Waals surface area contributed by atoms with Crippen molar-refractivity contribution < 1.29 is 0 Å². The molecule has 0 spiro atoms. The molecule has 3 heteroatoms. The first-order valence-corrected chi connectivity index (χ1v) is 5.73. The van der Waals surface area contributed by atoms with E-state index in [1.54, 1.807) is 0 Å². The molecule has 0 aliphatic heterocycles. The van der Waals surface area contributed by atoms with Crippen LogP contribution in [0.3, 0.4) is 0 Å². The predicted molar refractivity (Wildman–Crippen MR) is 63.7 cm³/mol. The smallest absolute Gasteiger partial charge is 0.0537 e. The van der Waals surface area contributed by atoms with Crippen molar-refractivity contribution in [2.75, 3.05) is 0 Å². The molecule has 0 amide bonds. The number of nitrogens with zero attached hydrogens (tertiary/aromatic N) is 2. The average Bonchev–Trinajstić information content (AvgIpc) is 2.49. The van der Waals surface area contributed by atoms with E-state index < -0.39 is 0 Å². The zero-order chi connectivity index (χ0) is 11.4. The number of aryl methyl sites for hydroxylation is 1. The van der Waals surface area contributed by atoms with Crippen molar-refractivity contribution in [1.82, 2.24) is 15.1 Å². The molecule has 1 N–H and O–H groups in total. The summed E-state index contributed by atoms with van der Waals surface area (Å²) in [5.74, 6) is 0.744. The normalized spacial score (nSPS) is 15.6. The van der Waals surface area contributed by atoms with Gasteiger partial charge in [-0.3, -0.25) is 4.68 Å². The molecule has 0 aliphatic carbocycles. The first kappa shape index (κ1) is 12.2. The second-order valence-corrected chi connectivity index (χ2v) is 4.87. The van der Waals surface area contributed by atoms with Gasteiger partial charge in [-0.1, -0.05) is 13.8 Å². The standard InChI is InChI=1S/C12H23N3/c1-9(2)6-10(3)14-11(4)12-7-13-15(5)8-12/h7-11,14H,6H2,1-5H3. The van der Waals surface area contributed by atoms with Crippen LogP contribution in [0, 0.1) is 5.92 Å². The van der Waals surface area contributed by atoms with E-state index in [0.29, 0.717) is 12.1 Å². The van der Waals surface area contributed by atoms with Gasteiger partial charge >= 0.3 is 0 Å². The molecule has 2 atom stereocenters. The Morgan fingerprint density at radius 3 is 2.47 bits per heavy atom. The molecular formula is C12H23N3. The SMILES string of the molecule is CC(C)CC(C)NC(C)c1cnn(C)c1. The first-order valence-electron chi connectivity index (χ1n) is 5.73. The summed E-state index contributed by atoms with van der Waals surface area (Å²) in [7, 11) is 1.95. The van der Waals surface area contributed by atoms with Crippen molar-refractivity contribution in [1.29, 1.82) is 0 Å². The van der Waals surface area contributed by atoms with Crippen LogP contribution in [0.25, 0.3) is 0 Å². The topological polar surface area (TPSA) is 29.9 Å². The lowest BCUT2D eigenvalue weighted by Crippen LogP contribution is -2.29. The van der Waals surface area contributed by atoms with Gasteiger partial charge in [0, 0.05) is 30.9 Å². The summed E-state index contributed by atoms with van der Waals surface area (Å²) in [4.78, 5) is 0. The number of rotatable bonds is 5. The third kappa shape index (κ3) is 4.04. The summed E-state index contributed by atoms with van der Waals surface area (Å²) in [5.41, 5.74) is 1.26. The van der Waals surface area contributed by atoms with Crippen molar-refractivity contribution in [2.24, 2.45) is 13.0 Å². The second-order valence-electron chi connectivity index (χ2n) is 4.87. The Bertz CT molecular complexity index is 291. The molecule has 0 aliphatic rings. The van der Waals surface area contributed by atoms with E-state index >= 15 is 0 Å². The molecule has 1 rings (SSSR count). The Kier molecular flexibility index (Phi) is 4.33. The predicted octanol–water partition coefficient (Wildman–Crippen LogP) is 2.51. The number of hydrogen-bond donors (Lipinski definition) is 1. The van der Waals surface area contributed by atoms with E-state index in [4.69, 9.17) is 0 Å². The Hall–Kier alpha value is -0.830. The summed E-state index contributed by atoms with van der Waals surface area (Å²) in [5, 5.41) is 7.77. The first-order chi connectivity index (χ1) is 6.99. The van der Waals surface area contributed by atoms with Crippen LogP contribution >= 0.6 is 0 Å². The fraction of sp³-hybridized carbons (Fsp3) is 0.750. The third-order valence-electron chi connectivity index (χ3n) is 2.58. The van der Waals surface area contributed by atoms with Crippen LogP contribution in [0.5, 0.6) is 0 Å². The maximum Gasteiger partial charge on any atom is 0.0537 e. The fourth-order valence-electron chi connectivity index (χ4n) is 1.96. The van der Waals surface area contributed by atoms with Gasteiger partial charge in [-0.25, -0.2) is 0 Å². The highest BCUT2D eigenvalue weighted by molar-refractivity contribution is 5.09. The van der Waals surface area contributed by atoms with Gasteiger partial charge in [0.15, 0.2) is 0 Å². The molecule has 0 bridgehead atoms. The van der Waals surface area contributed by atoms with Crippen LogP contribution in [0.15, 0.2) is 12.4 Å². The largest absolute Gasteiger partial charge is 0.308 e. The van der Waals surface area contributed by atoms with Gasteiger partial charge in [0.1, 0.15) is 0 Å². The van der Waals surface area contributed by atoms with Gasteiger partial charge in [0.05, 0.1) is 6.20 Å². The van der Waals surface area contributed by atoms with Crippen LogP contribution in [-0.4, -0.2) is 15.8 Å². The maximum atomic E-state index is 4.18. The Balaban J connectivity index is 2.45. The lowest BCUT2D eigenvalue weighted by Gasteiger charge is -2.20. The van der Waals surface area contributed by atoms with E-state index in [-0.39, 0.29) is 0 Å². The maximum absolute atomic E-state index is 4.18. The molecule has 0 aromatic carbocycles. The van der Waals surface area contributed by atoms with Crippen LogP contribution < -0.4 is 5.32 Å². The molecule has 86 valence electrons. The van der Waals surface area contributed by atoms with Crippen LogP contribution in [-0.2, 0) is 7.05 Å². The van der Waals surface area contributed by atoms with Gasteiger partial charge in [-0.2, -0.15) is 5.10 Å². The van der Waals surface area contributed by atoms with Crippen LogP contribution in [0.2, 0.25) is 0 Å². The van der Waals surface area contributed by atoms with Crippen molar-refractivity contribution in [3.8, 4) is 0 Å². The third-order valence-corrected chi connectivity index (χ3v) is 2.58. The summed E-state index contributed by atoms with van der Waals surface area (Å²) in [6.45, 7) is 8.94. The van der Waals surface area contributed by atoms with Crippen LogP contribution in [0.4, 0.5) is 0 Å². The minimum Gasteiger partial charge on any atom is -0.308 e. The zero-order valence-electron chi connectivity index (χ0n) is 10.5. The quantitative estimate of drug-likeness (QED) is 0.807. The van der Waals surface area contributed by atoms with Gasteiger partial charge in [0.25, 0.3) is 0 Å². The minimum absolute atomic E-state index is 0.382. The summed E-state index contributed by atoms with van der Waals surface area (Å²) in [6.07, 6.45) is 5.21. The molecule has 0 saturated heterocycles. The van der Waals surface area contributed by atoms with E-state index in [2.05, 4.69) is 44.3 Å². The minimum atomic E-state index is 0.382. The Morgan fingerprint density at radius 1 is 1.33 bits per heavy atom. The number of hydrogen-bond acceptors (Lipinski definition) is 2. The van der Waals surface area contributed by atoms with Crippen molar-refractivity contribution in [3.05, 3.63) is 18.0 Å².